The molecule has 1 atom stereocenters. The van der Waals surface area contributed by atoms with Crippen LogP contribution >= 0.6 is 11.8 Å². The van der Waals surface area contributed by atoms with Crippen LogP contribution in [0.5, 0.6) is 0 Å². The predicted octanol–water partition coefficient (Wildman–Crippen LogP) is 2.90. The number of nitrogens with zero attached hydrogens (tertiary/aromatic N) is 2. The lowest BCUT2D eigenvalue weighted by Gasteiger charge is -2.09. The normalized spacial score (nSPS) is 13.9. The van der Waals surface area contributed by atoms with Crippen molar-refractivity contribution in [2.24, 2.45) is 0 Å². The van der Waals surface area contributed by atoms with Crippen LogP contribution in [-0.2, 0) is 11.3 Å². The minimum atomic E-state index is -0.820. The molecule has 0 radical (unpaired) electrons. The molecule has 1 aliphatic heterocycles. The van der Waals surface area contributed by atoms with Gasteiger partial charge in [0.05, 0.1) is 6.20 Å². The number of ketones is 1. The van der Waals surface area contributed by atoms with Gasteiger partial charge in [-0.2, -0.15) is 0 Å². The average molecular weight is 372 g/mol. The predicted molar refractivity (Wildman–Crippen MR) is 99.0 cm³/mol. The van der Waals surface area contributed by atoms with Crippen molar-refractivity contribution in [3.05, 3.63) is 57.5 Å². The van der Waals surface area contributed by atoms with Crippen molar-refractivity contribution < 1.29 is 14.3 Å². The molecule has 136 valence electrons. The standard InChI is InChI=1S/C19H20N2O4S/c1-3-12(2)13-4-6-14(7-5-13)16(22)11-25-18(24)15-10-20-19-21(17(15)23)8-9-26-19/h4-7,10,12H,3,8-9,11H2,1-2H3. The van der Waals surface area contributed by atoms with Crippen LogP contribution in [0.4, 0.5) is 0 Å². The Morgan fingerprint density at radius 1 is 1.31 bits per heavy atom. The fraction of sp³-hybridized carbons (Fsp3) is 0.368. The van der Waals surface area contributed by atoms with E-state index >= 15 is 0 Å². The van der Waals surface area contributed by atoms with E-state index in [1.54, 1.807) is 12.1 Å². The molecule has 7 heteroatoms. The van der Waals surface area contributed by atoms with Gasteiger partial charge in [-0.1, -0.05) is 49.9 Å². The highest BCUT2D eigenvalue weighted by molar-refractivity contribution is 7.99. The van der Waals surface area contributed by atoms with Crippen molar-refractivity contribution in [1.82, 2.24) is 9.55 Å². The number of ether oxygens (including phenoxy) is 1. The van der Waals surface area contributed by atoms with Gasteiger partial charge in [0.25, 0.3) is 5.56 Å². The molecule has 2 aromatic rings. The number of Topliss-reactive ketones (excluding diaryl/α,β-unsaturated/α-hetero) is 1. The first-order valence-corrected chi connectivity index (χ1v) is 9.52. The van der Waals surface area contributed by atoms with E-state index in [1.165, 1.54) is 22.5 Å². The van der Waals surface area contributed by atoms with E-state index in [-0.39, 0.29) is 11.3 Å². The van der Waals surface area contributed by atoms with E-state index in [2.05, 4.69) is 18.8 Å². The Kier molecular flexibility index (Phi) is 5.56. The lowest BCUT2D eigenvalue weighted by atomic mass is 9.97. The van der Waals surface area contributed by atoms with E-state index in [4.69, 9.17) is 4.74 Å². The molecular weight excluding hydrogens is 352 g/mol. The largest absolute Gasteiger partial charge is 0.454 e. The molecule has 1 aromatic carbocycles. The first kappa shape index (κ1) is 18.4. The Hall–Kier alpha value is -2.41. The number of thioether (sulfide) groups is 1. The van der Waals surface area contributed by atoms with Crippen molar-refractivity contribution >= 4 is 23.5 Å². The monoisotopic (exact) mass is 372 g/mol. The fourth-order valence-electron chi connectivity index (χ4n) is 2.68. The number of hydrogen-bond donors (Lipinski definition) is 0. The Morgan fingerprint density at radius 2 is 2.04 bits per heavy atom. The summed E-state index contributed by atoms with van der Waals surface area (Å²) in [6, 6.07) is 7.30. The van der Waals surface area contributed by atoms with Gasteiger partial charge in [0.1, 0.15) is 5.56 Å². The first-order valence-electron chi connectivity index (χ1n) is 8.54. The number of esters is 1. The van der Waals surface area contributed by atoms with Crippen LogP contribution in [0.1, 0.15) is 52.5 Å². The molecule has 0 spiro atoms. The zero-order chi connectivity index (χ0) is 18.7. The number of benzene rings is 1. The number of carbonyl (C=O) groups excluding carboxylic acids is 2. The summed E-state index contributed by atoms with van der Waals surface area (Å²) in [6.45, 7) is 4.35. The third-order valence-corrected chi connectivity index (χ3v) is 5.50. The molecular formula is C19H20N2O4S. The Balaban J connectivity index is 1.64. The van der Waals surface area contributed by atoms with Gasteiger partial charge in [-0.05, 0) is 17.9 Å². The van der Waals surface area contributed by atoms with Crippen LogP contribution in [0, 0.1) is 0 Å². The Morgan fingerprint density at radius 3 is 2.73 bits per heavy atom. The van der Waals surface area contributed by atoms with Crippen LogP contribution in [-0.4, -0.2) is 33.7 Å². The number of rotatable bonds is 6. The SMILES string of the molecule is CCC(C)c1ccc(C(=O)COC(=O)c2cnc3n(c2=O)CCS3)cc1. The molecule has 0 saturated carbocycles. The molecule has 3 rings (SSSR count). The molecule has 6 nitrogen and oxygen atoms in total. The molecule has 0 amide bonds. The maximum atomic E-state index is 12.3. The molecule has 26 heavy (non-hydrogen) atoms. The zero-order valence-corrected chi connectivity index (χ0v) is 15.5. The van der Waals surface area contributed by atoms with Crippen LogP contribution < -0.4 is 5.56 Å². The van der Waals surface area contributed by atoms with E-state index in [0.29, 0.717) is 23.2 Å². The van der Waals surface area contributed by atoms with Gasteiger partial charge in [-0.25, -0.2) is 9.78 Å². The quantitative estimate of drug-likeness (QED) is 0.441. The van der Waals surface area contributed by atoms with Gasteiger partial charge in [0, 0.05) is 17.9 Å². The van der Waals surface area contributed by atoms with Crippen molar-refractivity contribution in [2.75, 3.05) is 12.4 Å². The summed E-state index contributed by atoms with van der Waals surface area (Å²) in [4.78, 5) is 40.7. The summed E-state index contributed by atoms with van der Waals surface area (Å²) in [5.74, 6) is 0.0554. The van der Waals surface area contributed by atoms with Crippen LogP contribution in [0.25, 0.3) is 0 Å². The van der Waals surface area contributed by atoms with E-state index < -0.39 is 18.1 Å². The lowest BCUT2D eigenvalue weighted by Crippen LogP contribution is -2.28. The summed E-state index contributed by atoms with van der Waals surface area (Å²) >= 11 is 1.47. The van der Waals surface area contributed by atoms with Gasteiger partial charge >= 0.3 is 5.97 Å². The third kappa shape index (κ3) is 3.72. The van der Waals surface area contributed by atoms with Gasteiger partial charge in [-0.15, -0.1) is 0 Å². The average Bonchev–Trinajstić information content (AvgIpc) is 3.15. The summed E-state index contributed by atoms with van der Waals surface area (Å²) in [5.41, 5.74) is 1.08. The molecule has 0 N–H and O–H groups in total. The lowest BCUT2D eigenvalue weighted by molar-refractivity contribution is 0.0471. The summed E-state index contributed by atoms with van der Waals surface area (Å²) in [5, 5.41) is 0.601. The molecule has 1 unspecified atom stereocenters. The van der Waals surface area contributed by atoms with E-state index in [9.17, 15) is 14.4 Å². The molecule has 0 saturated heterocycles. The van der Waals surface area contributed by atoms with Crippen LogP contribution in [0.3, 0.4) is 0 Å². The van der Waals surface area contributed by atoms with E-state index in [0.717, 1.165) is 17.7 Å². The van der Waals surface area contributed by atoms with Gasteiger partial charge < -0.3 is 4.74 Å². The summed E-state index contributed by atoms with van der Waals surface area (Å²) in [6.07, 6.45) is 2.24. The van der Waals surface area contributed by atoms with Crippen LogP contribution in [0.2, 0.25) is 0 Å². The maximum Gasteiger partial charge on any atom is 0.345 e. The zero-order valence-electron chi connectivity index (χ0n) is 14.7. The van der Waals surface area contributed by atoms with Crippen molar-refractivity contribution in [3.63, 3.8) is 0 Å². The van der Waals surface area contributed by atoms with Crippen LogP contribution in [0.15, 0.2) is 40.4 Å². The Labute approximate surface area is 155 Å². The first-order chi connectivity index (χ1) is 12.5. The fourth-order valence-corrected chi connectivity index (χ4v) is 3.60. The number of hydrogen-bond acceptors (Lipinski definition) is 6. The third-order valence-electron chi connectivity index (χ3n) is 4.52. The minimum absolute atomic E-state index is 0.142. The van der Waals surface area contributed by atoms with Crippen molar-refractivity contribution in [2.45, 2.75) is 37.9 Å². The number of aromatic nitrogens is 2. The molecule has 1 aliphatic rings. The second-order valence-corrected chi connectivity index (χ2v) is 7.25. The highest BCUT2D eigenvalue weighted by Gasteiger charge is 2.21. The summed E-state index contributed by atoms with van der Waals surface area (Å²) in [7, 11) is 0. The van der Waals surface area contributed by atoms with E-state index in [1.807, 2.05) is 12.1 Å². The molecule has 0 fully saturated rings. The second-order valence-electron chi connectivity index (χ2n) is 6.19. The highest BCUT2D eigenvalue weighted by atomic mass is 32.2. The van der Waals surface area contributed by atoms with Crippen molar-refractivity contribution in [3.8, 4) is 0 Å². The molecule has 0 aliphatic carbocycles. The second kappa shape index (κ2) is 7.86. The molecule has 0 bridgehead atoms. The smallest absolute Gasteiger partial charge is 0.345 e. The topological polar surface area (TPSA) is 78.3 Å². The van der Waals surface area contributed by atoms with Gasteiger partial charge in [0.2, 0.25) is 0 Å². The van der Waals surface area contributed by atoms with Crippen molar-refractivity contribution in [1.29, 1.82) is 0 Å². The minimum Gasteiger partial charge on any atom is -0.454 e. The molecule has 1 aromatic heterocycles. The van der Waals surface area contributed by atoms with Gasteiger partial charge in [0.15, 0.2) is 17.5 Å². The van der Waals surface area contributed by atoms with Gasteiger partial charge in [-0.3, -0.25) is 14.2 Å². The maximum absolute atomic E-state index is 12.3. The molecule has 2 heterocycles. The number of fused-ring (bicyclic) bond motifs is 1. The number of carbonyl (C=O) groups is 2. The summed E-state index contributed by atoms with van der Waals surface area (Å²) < 4.78 is 6.49. The highest BCUT2D eigenvalue weighted by Crippen LogP contribution is 2.21. The Bertz CT molecular complexity index is 889.